The number of H-pyrrole nitrogens is 1. The van der Waals surface area contributed by atoms with Gasteiger partial charge in [0.05, 0.1) is 24.3 Å². The van der Waals surface area contributed by atoms with Crippen molar-refractivity contribution in [3.05, 3.63) is 59.2 Å². The van der Waals surface area contributed by atoms with Crippen molar-refractivity contribution in [1.29, 1.82) is 0 Å². The molecule has 102 valence electrons. The normalized spacial score (nSPS) is 12.2. The van der Waals surface area contributed by atoms with Gasteiger partial charge in [-0.15, -0.1) is 11.3 Å². The number of imidazole rings is 1. The molecule has 4 heteroatoms. The van der Waals surface area contributed by atoms with Crippen LogP contribution in [0.4, 0.5) is 5.69 Å². The van der Waals surface area contributed by atoms with Gasteiger partial charge >= 0.3 is 0 Å². The van der Waals surface area contributed by atoms with Crippen molar-refractivity contribution in [2.24, 2.45) is 0 Å². The molecule has 0 amide bonds. The molecule has 0 aliphatic heterocycles. The topological polar surface area (TPSA) is 40.7 Å². The highest BCUT2D eigenvalue weighted by atomic mass is 32.1. The lowest BCUT2D eigenvalue weighted by Crippen LogP contribution is -2.07. The Kier molecular flexibility index (Phi) is 3.83. The molecule has 1 unspecified atom stereocenters. The highest BCUT2D eigenvalue weighted by Gasteiger charge is 2.09. The molecule has 0 saturated heterocycles. The second-order valence-electron chi connectivity index (χ2n) is 4.66. The number of hydrogen-bond donors (Lipinski definition) is 2. The third-order valence-electron chi connectivity index (χ3n) is 3.33. The van der Waals surface area contributed by atoms with Crippen molar-refractivity contribution in [3.63, 3.8) is 0 Å². The Bertz CT molecular complexity index is 627. The van der Waals surface area contributed by atoms with Gasteiger partial charge < -0.3 is 10.3 Å². The summed E-state index contributed by atoms with van der Waals surface area (Å²) in [6, 6.07) is 13.1. The van der Waals surface area contributed by atoms with Crippen LogP contribution in [-0.2, 0) is 0 Å². The van der Waals surface area contributed by atoms with Crippen LogP contribution in [-0.4, -0.2) is 9.97 Å². The molecule has 1 atom stereocenters. The van der Waals surface area contributed by atoms with Gasteiger partial charge in [0, 0.05) is 10.6 Å². The summed E-state index contributed by atoms with van der Waals surface area (Å²) >= 11 is 1.80. The maximum atomic E-state index is 4.05. The third kappa shape index (κ3) is 2.75. The number of thiophene rings is 1. The van der Waals surface area contributed by atoms with Crippen molar-refractivity contribution >= 4 is 17.0 Å². The van der Waals surface area contributed by atoms with Crippen LogP contribution >= 0.6 is 11.3 Å². The lowest BCUT2D eigenvalue weighted by atomic mass is 10.1. The molecule has 3 aromatic rings. The summed E-state index contributed by atoms with van der Waals surface area (Å²) < 4.78 is 0. The monoisotopic (exact) mass is 283 g/mol. The first-order valence-corrected chi connectivity index (χ1v) is 7.63. The number of hydrogen-bond acceptors (Lipinski definition) is 3. The fourth-order valence-electron chi connectivity index (χ4n) is 2.22. The van der Waals surface area contributed by atoms with Gasteiger partial charge in [0.15, 0.2) is 0 Å². The number of nitrogens with one attached hydrogen (secondary N) is 2. The van der Waals surface area contributed by atoms with E-state index in [1.54, 1.807) is 17.7 Å². The van der Waals surface area contributed by atoms with E-state index in [0.29, 0.717) is 6.04 Å². The number of aromatic amines is 1. The highest BCUT2D eigenvalue weighted by molar-refractivity contribution is 7.10. The minimum absolute atomic E-state index is 0.382. The van der Waals surface area contributed by atoms with E-state index in [2.05, 4.69) is 64.0 Å². The third-order valence-corrected chi connectivity index (χ3v) is 4.32. The van der Waals surface area contributed by atoms with Gasteiger partial charge in [0.25, 0.3) is 0 Å². The van der Waals surface area contributed by atoms with Crippen LogP contribution in [0.5, 0.6) is 0 Å². The van der Waals surface area contributed by atoms with E-state index in [9.17, 15) is 0 Å². The Hall–Kier alpha value is -2.07. The summed E-state index contributed by atoms with van der Waals surface area (Å²) in [5.74, 6) is 0. The molecule has 0 saturated carbocycles. The predicted octanol–water partition coefficient (Wildman–Crippen LogP) is 4.70. The fraction of sp³-hybridized carbons (Fsp3) is 0.188. The Morgan fingerprint density at radius 2 is 2.10 bits per heavy atom. The molecule has 20 heavy (non-hydrogen) atoms. The Labute approximate surface area is 122 Å². The first kappa shape index (κ1) is 12.9. The summed E-state index contributed by atoms with van der Waals surface area (Å²) in [5.41, 5.74) is 3.34. The molecule has 3 nitrogen and oxygen atoms in total. The van der Waals surface area contributed by atoms with Gasteiger partial charge in [-0.25, -0.2) is 4.98 Å². The Morgan fingerprint density at radius 1 is 1.25 bits per heavy atom. The van der Waals surface area contributed by atoms with Crippen molar-refractivity contribution in [2.75, 3.05) is 5.32 Å². The number of nitrogens with zero attached hydrogens (tertiary/aromatic N) is 1. The SMILES string of the molecule is CCC(Nc1ccc(-c2cnc[nH]2)cc1)c1cccs1. The highest BCUT2D eigenvalue weighted by Crippen LogP contribution is 2.27. The molecule has 0 spiro atoms. The smallest absolute Gasteiger partial charge is 0.0924 e. The molecule has 0 aliphatic rings. The first-order valence-electron chi connectivity index (χ1n) is 6.75. The van der Waals surface area contributed by atoms with Crippen LogP contribution in [0.15, 0.2) is 54.3 Å². The van der Waals surface area contributed by atoms with Crippen LogP contribution < -0.4 is 5.32 Å². The molecule has 0 aliphatic carbocycles. The Morgan fingerprint density at radius 3 is 2.70 bits per heavy atom. The van der Waals surface area contributed by atoms with Crippen LogP contribution in [0.25, 0.3) is 11.3 Å². The summed E-state index contributed by atoms with van der Waals surface area (Å²) in [5, 5.41) is 5.71. The zero-order chi connectivity index (χ0) is 13.8. The van der Waals surface area contributed by atoms with Crippen molar-refractivity contribution < 1.29 is 0 Å². The largest absolute Gasteiger partial charge is 0.377 e. The summed E-state index contributed by atoms with van der Waals surface area (Å²) in [6.07, 6.45) is 4.61. The first-order chi connectivity index (χ1) is 9.86. The fourth-order valence-corrected chi connectivity index (χ4v) is 3.09. The van der Waals surface area contributed by atoms with Gasteiger partial charge in [-0.2, -0.15) is 0 Å². The zero-order valence-electron chi connectivity index (χ0n) is 11.3. The summed E-state index contributed by atoms with van der Waals surface area (Å²) in [6.45, 7) is 2.20. The van der Waals surface area contributed by atoms with E-state index < -0.39 is 0 Å². The predicted molar refractivity (Wildman–Crippen MR) is 85.0 cm³/mol. The second-order valence-corrected chi connectivity index (χ2v) is 5.64. The van der Waals surface area contributed by atoms with E-state index in [1.165, 1.54) is 4.88 Å². The molecular formula is C16H17N3S. The van der Waals surface area contributed by atoms with E-state index in [-0.39, 0.29) is 0 Å². The minimum atomic E-state index is 0.382. The molecule has 2 N–H and O–H groups in total. The number of anilines is 1. The summed E-state index contributed by atoms with van der Waals surface area (Å²) in [4.78, 5) is 8.54. The van der Waals surface area contributed by atoms with Crippen LogP contribution in [0.2, 0.25) is 0 Å². The second kappa shape index (κ2) is 5.92. The van der Waals surface area contributed by atoms with E-state index in [4.69, 9.17) is 0 Å². The minimum Gasteiger partial charge on any atom is -0.377 e. The maximum absolute atomic E-state index is 4.05. The van der Waals surface area contributed by atoms with Crippen LogP contribution in [0.1, 0.15) is 24.3 Å². The van der Waals surface area contributed by atoms with Crippen molar-refractivity contribution in [3.8, 4) is 11.3 Å². The van der Waals surface area contributed by atoms with Crippen molar-refractivity contribution in [2.45, 2.75) is 19.4 Å². The number of rotatable bonds is 5. The quantitative estimate of drug-likeness (QED) is 0.712. The van der Waals surface area contributed by atoms with Crippen molar-refractivity contribution in [1.82, 2.24) is 9.97 Å². The molecular weight excluding hydrogens is 266 g/mol. The number of benzene rings is 1. The van der Waals surface area contributed by atoms with Gasteiger partial charge in [0.1, 0.15) is 0 Å². The zero-order valence-corrected chi connectivity index (χ0v) is 12.2. The molecule has 2 aromatic heterocycles. The van der Waals surface area contributed by atoms with Gasteiger partial charge in [-0.1, -0.05) is 25.1 Å². The lowest BCUT2D eigenvalue weighted by molar-refractivity contribution is 0.764. The molecule has 3 rings (SSSR count). The molecule has 1 aromatic carbocycles. The van der Waals surface area contributed by atoms with E-state index in [1.807, 2.05) is 6.20 Å². The molecule has 0 bridgehead atoms. The standard InChI is InChI=1S/C16H17N3S/c1-2-14(16-4-3-9-20-16)19-13-7-5-12(6-8-13)15-10-17-11-18-15/h3-11,14,19H,2H2,1H3,(H,17,18). The van der Waals surface area contributed by atoms with Crippen LogP contribution in [0, 0.1) is 0 Å². The van der Waals surface area contributed by atoms with Gasteiger partial charge in [-0.05, 0) is 35.6 Å². The van der Waals surface area contributed by atoms with Gasteiger partial charge in [0.2, 0.25) is 0 Å². The van der Waals surface area contributed by atoms with E-state index in [0.717, 1.165) is 23.4 Å². The van der Waals surface area contributed by atoms with Crippen LogP contribution in [0.3, 0.4) is 0 Å². The maximum Gasteiger partial charge on any atom is 0.0924 e. The summed E-state index contributed by atoms with van der Waals surface area (Å²) in [7, 11) is 0. The molecule has 0 radical (unpaired) electrons. The van der Waals surface area contributed by atoms with Gasteiger partial charge in [-0.3, -0.25) is 0 Å². The number of aromatic nitrogens is 2. The molecule has 0 fully saturated rings. The lowest BCUT2D eigenvalue weighted by Gasteiger charge is -2.17. The molecule has 2 heterocycles. The Balaban J connectivity index is 1.75. The average molecular weight is 283 g/mol. The van der Waals surface area contributed by atoms with E-state index >= 15 is 0 Å². The average Bonchev–Trinajstić information content (AvgIpc) is 3.18.